The maximum Gasteiger partial charge on any atom is 0.411 e. The Morgan fingerprint density at radius 1 is 1.47 bits per heavy atom. The van der Waals surface area contributed by atoms with Crippen LogP contribution in [0.3, 0.4) is 0 Å². The molecule has 0 amide bonds. The van der Waals surface area contributed by atoms with Crippen molar-refractivity contribution >= 4 is 26.0 Å². The molecule has 1 N–H and O–H groups in total. The van der Waals surface area contributed by atoms with Crippen LogP contribution in [0.1, 0.15) is 0 Å². The van der Waals surface area contributed by atoms with Crippen LogP contribution in [0.25, 0.3) is 0 Å². The van der Waals surface area contributed by atoms with Crippen LogP contribution in [0.4, 0.5) is 13.2 Å². The fraction of sp³-hybridized carbons (Fsp3) is 0.714. The van der Waals surface area contributed by atoms with E-state index in [1.54, 1.807) is 0 Å². The summed E-state index contributed by atoms with van der Waals surface area (Å²) in [6, 6.07) is 0. The maximum atomic E-state index is 11.8. The second kappa shape index (κ2) is 6.15. The third-order valence-corrected chi connectivity index (χ3v) is 4.14. The van der Waals surface area contributed by atoms with Gasteiger partial charge in [-0.3, -0.25) is 0 Å². The summed E-state index contributed by atoms with van der Waals surface area (Å²) in [5.74, 6) is 0. The van der Waals surface area contributed by atoms with E-state index in [0.717, 1.165) is 4.68 Å². The van der Waals surface area contributed by atoms with Crippen LogP contribution in [-0.2, 0) is 21.8 Å². The van der Waals surface area contributed by atoms with Gasteiger partial charge >= 0.3 is 6.18 Å². The second-order valence-electron chi connectivity index (χ2n) is 3.37. The number of ether oxygens (including phenoxy) is 1. The van der Waals surface area contributed by atoms with E-state index in [9.17, 15) is 21.6 Å². The molecule has 0 aliphatic carbocycles. The van der Waals surface area contributed by atoms with Crippen molar-refractivity contribution in [3.05, 3.63) is 4.60 Å². The first-order valence-electron chi connectivity index (χ1n) is 4.83. The molecule has 0 aliphatic rings. The number of rotatable bonds is 6. The van der Waals surface area contributed by atoms with Gasteiger partial charge in [-0.25, -0.2) is 17.8 Å². The summed E-state index contributed by atoms with van der Waals surface area (Å²) in [5, 5.41) is 6.75. The number of hydrogen-bond acceptors (Lipinski definition) is 5. The van der Waals surface area contributed by atoms with Gasteiger partial charge in [-0.1, -0.05) is 5.21 Å². The fourth-order valence-corrected chi connectivity index (χ4v) is 3.22. The molecule has 0 unspecified atom stereocenters. The average Bonchev–Trinajstić information content (AvgIpc) is 2.56. The SMILES string of the molecule is Cn1nnc(Br)c1S(=O)(=O)NCCOCC(F)(F)F. The van der Waals surface area contributed by atoms with Gasteiger partial charge in [0.1, 0.15) is 6.61 Å². The first-order valence-corrected chi connectivity index (χ1v) is 7.10. The molecule has 0 radical (unpaired) electrons. The zero-order valence-corrected chi connectivity index (χ0v) is 12.0. The molecule has 0 saturated carbocycles. The number of hydrogen-bond donors (Lipinski definition) is 1. The van der Waals surface area contributed by atoms with Crippen LogP contribution in [0.5, 0.6) is 0 Å². The molecular formula is C7H10BrF3N4O3S. The minimum Gasteiger partial charge on any atom is -0.371 e. The third-order valence-electron chi connectivity index (χ3n) is 1.80. The molecule has 19 heavy (non-hydrogen) atoms. The topological polar surface area (TPSA) is 86.1 Å². The highest BCUT2D eigenvalue weighted by Crippen LogP contribution is 2.17. The van der Waals surface area contributed by atoms with E-state index in [2.05, 4.69) is 35.7 Å². The van der Waals surface area contributed by atoms with E-state index in [1.165, 1.54) is 7.05 Å². The van der Waals surface area contributed by atoms with E-state index in [1.807, 2.05) is 0 Å². The Hall–Kier alpha value is -0.720. The summed E-state index contributed by atoms with van der Waals surface area (Å²) >= 11 is 2.91. The molecule has 0 atom stereocenters. The predicted octanol–water partition coefficient (Wildman–Crippen LogP) is 0.435. The maximum absolute atomic E-state index is 11.8. The molecule has 0 saturated heterocycles. The monoisotopic (exact) mass is 366 g/mol. The van der Waals surface area contributed by atoms with Crippen molar-refractivity contribution in [3.8, 4) is 0 Å². The first-order chi connectivity index (χ1) is 8.63. The van der Waals surface area contributed by atoms with Crippen LogP contribution in [0.2, 0.25) is 0 Å². The van der Waals surface area contributed by atoms with Gasteiger partial charge in [-0.05, 0) is 15.9 Å². The summed E-state index contributed by atoms with van der Waals surface area (Å²) in [4.78, 5) is 0. The number of halogens is 4. The van der Waals surface area contributed by atoms with Crippen LogP contribution in [0, 0.1) is 0 Å². The lowest BCUT2D eigenvalue weighted by molar-refractivity contribution is -0.173. The van der Waals surface area contributed by atoms with Gasteiger partial charge < -0.3 is 4.74 Å². The third kappa shape index (κ3) is 5.04. The Bertz CT molecular complexity index is 511. The Balaban J connectivity index is 2.49. The standard InChI is InChI=1S/C7H10BrF3N4O3S/c1-15-6(5(8)13-14-15)19(16,17)12-2-3-18-4-7(9,10)11/h12H,2-4H2,1H3. The molecule has 12 heteroatoms. The molecular weight excluding hydrogens is 357 g/mol. The molecule has 7 nitrogen and oxygen atoms in total. The van der Waals surface area contributed by atoms with Crippen molar-refractivity contribution in [2.75, 3.05) is 19.8 Å². The van der Waals surface area contributed by atoms with Crippen molar-refractivity contribution < 1.29 is 26.3 Å². The number of aromatic nitrogens is 3. The highest BCUT2D eigenvalue weighted by atomic mass is 79.9. The van der Waals surface area contributed by atoms with E-state index in [4.69, 9.17) is 0 Å². The molecule has 0 spiro atoms. The molecule has 1 aromatic rings. The highest BCUT2D eigenvalue weighted by molar-refractivity contribution is 9.10. The van der Waals surface area contributed by atoms with Gasteiger partial charge in [-0.15, -0.1) is 5.10 Å². The zero-order chi connectivity index (χ0) is 14.7. The molecule has 1 rings (SSSR count). The van der Waals surface area contributed by atoms with Gasteiger partial charge in [0.05, 0.1) is 6.61 Å². The van der Waals surface area contributed by atoms with Gasteiger partial charge in [0.2, 0.25) is 5.03 Å². The Morgan fingerprint density at radius 3 is 2.58 bits per heavy atom. The van der Waals surface area contributed by atoms with Gasteiger partial charge in [0.15, 0.2) is 4.60 Å². The predicted molar refractivity (Wildman–Crippen MR) is 60.8 cm³/mol. The van der Waals surface area contributed by atoms with E-state index >= 15 is 0 Å². The quantitative estimate of drug-likeness (QED) is 0.738. The Morgan fingerprint density at radius 2 is 2.11 bits per heavy atom. The minimum atomic E-state index is -4.44. The molecule has 1 heterocycles. The average molecular weight is 367 g/mol. The lowest BCUT2D eigenvalue weighted by Gasteiger charge is -2.09. The first kappa shape index (κ1) is 16.3. The van der Waals surface area contributed by atoms with Gasteiger partial charge in [-0.2, -0.15) is 13.2 Å². The van der Waals surface area contributed by atoms with Crippen LogP contribution >= 0.6 is 15.9 Å². The van der Waals surface area contributed by atoms with E-state index in [-0.39, 0.29) is 16.2 Å². The second-order valence-corrected chi connectivity index (χ2v) is 5.81. The summed E-state index contributed by atoms with van der Waals surface area (Å²) < 4.78 is 66.2. The smallest absolute Gasteiger partial charge is 0.371 e. The van der Waals surface area contributed by atoms with Crippen molar-refractivity contribution in [2.45, 2.75) is 11.2 Å². The van der Waals surface area contributed by atoms with Gasteiger partial charge in [0.25, 0.3) is 10.0 Å². The van der Waals surface area contributed by atoms with Gasteiger partial charge in [0, 0.05) is 13.6 Å². The Kier molecular flexibility index (Phi) is 5.29. The molecule has 110 valence electrons. The fourth-order valence-electron chi connectivity index (χ4n) is 1.11. The normalized spacial score (nSPS) is 12.9. The summed E-state index contributed by atoms with van der Waals surface area (Å²) in [7, 11) is -2.55. The number of alkyl halides is 3. The Labute approximate surface area is 115 Å². The number of nitrogens with zero attached hydrogens (tertiary/aromatic N) is 3. The van der Waals surface area contributed by atoms with E-state index in [0.29, 0.717) is 0 Å². The van der Waals surface area contributed by atoms with Crippen LogP contribution < -0.4 is 4.72 Å². The molecule has 0 fully saturated rings. The number of nitrogens with one attached hydrogen (secondary N) is 1. The van der Waals surface area contributed by atoms with Crippen molar-refractivity contribution in [1.29, 1.82) is 0 Å². The highest BCUT2D eigenvalue weighted by Gasteiger charge is 2.27. The van der Waals surface area contributed by atoms with Crippen molar-refractivity contribution in [3.63, 3.8) is 0 Å². The summed E-state index contributed by atoms with van der Waals surface area (Å²) in [6.45, 7) is -2.12. The summed E-state index contributed by atoms with van der Waals surface area (Å²) in [6.07, 6.45) is -4.44. The molecule has 0 aromatic carbocycles. The lowest BCUT2D eigenvalue weighted by atomic mass is 10.7. The van der Waals surface area contributed by atoms with E-state index < -0.39 is 29.4 Å². The number of aryl methyl sites for hydroxylation is 1. The van der Waals surface area contributed by atoms with Crippen molar-refractivity contribution in [2.24, 2.45) is 7.05 Å². The van der Waals surface area contributed by atoms with Crippen LogP contribution in [0.15, 0.2) is 9.63 Å². The van der Waals surface area contributed by atoms with Crippen LogP contribution in [-0.4, -0.2) is 49.3 Å². The zero-order valence-electron chi connectivity index (χ0n) is 9.61. The molecule has 0 bridgehead atoms. The summed E-state index contributed by atoms with van der Waals surface area (Å²) in [5.41, 5.74) is 0. The minimum absolute atomic E-state index is 0.0127. The molecule has 0 aliphatic heterocycles. The lowest BCUT2D eigenvalue weighted by Crippen LogP contribution is -2.30. The molecule has 1 aromatic heterocycles. The van der Waals surface area contributed by atoms with Crippen molar-refractivity contribution in [1.82, 2.24) is 19.7 Å². The number of sulfonamides is 1. The largest absolute Gasteiger partial charge is 0.411 e.